The van der Waals surface area contributed by atoms with Gasteiger partial charge in [-0.3, -0.25) is 14.2 Å². The smallest absolute Gasteiger partial charge is 0.323 e. The van der Waals surface area contributed by atoms with Crippen molar-refractivity contribution < 1.29 is 33.1 Å². The van der Waals surface area contributed by atoms with Crippen molar-refractivity contribution >= 4 is 36.4 Å². The van der Waals surface area contributed by atoms with E-state index in [2.05, 4.69) is 25.1 Å². The molecule has 14 nitrogen and oxygen atoms in total. The minimum absolute atomic E-state index is 0.123. The number of fused-ring (bicyclic) bond motifs is 1. The lowest BCUT2D eigenvalue weighted by atomic mass is 10.1. The molecule has 49 heavy (non-hydrogen) atoms. The summed E-state index contributed by atoms with van der Waals surface area (Å²) >= 11 is 0. The van der Waals surface area contributed by atoms with Crippen LogP contribution in [0.5, 0.6) is 0 Å². The van der Waals surface area contributed by atoms with Crippen LogP contribution in [0, 0.1) is 0 Å². The second-order valence-corrected chi connectivity index (χ2v) is 13.8. The molecule has 2 heterocycles. The number of anilines is 1. The Morgan fingerprint density at radius 1 is 0.857 bits per heavy atom. The topological polar surface area (TPSA) is 182 Å². The number of nitrogen functional groups attached to an aromatic ring is 1. The van der Waals surface area contributed by atoms with Gasteiger partial charge in [-0.05, 0) is 36.8 Å². The van der Waals surface area contributed by atoms with Crippen LogP contribution in [0.15, 0.2) is 73.3 Å². The molecule has 4 rings (SSSR count). The second-order valence-electron chi connectivity index (χ2n) is 11.5. The maximum Gasteiger partial charge on any atom is 0.323 e. The highest BCUT2D eigenvalue weighted by molar-refractivity contribution is 7.59. The van der Waals surface area contributed by atoms with Crippen LogP contribution < -0.4 is 15.9 Å². The Kier molecular flexibility index (Phi) is 14.7. The number of aromatic nitrogens is 4. The van der Waals surface area contributed by atoms with Gasteiger partial charge in [0.25, 0.3) is 0 Å². The monoisotopic (exact) mass is 695 g/mol. The Bertz CT molecular complexity index is 1590. The number of nitrogens with one attached hydrogen (secondary N) is 2. The van der Waals surface area contributed by atoms with Crippen LogP contribution in [0.1, 0.15) is 37.8 Å². The van der Waals surface area contributed by atoms with E-state index in [1.165, 1.54) is 13.4 Å². The van der Waals surface area contributed by atoms with E-state index in [4.69, 9.17) is 24.7 Å². The molecule has 0 aliphatic carbocycles. The summed E-state index contributed by atoms with van der Waals surface area (Å²) < 4.78 is 39.6. The molecule has 0 spiro atoms. The predicted octanol–water partition coefficient (Wildman–Crippen LogP) is 3.90. The van der Waals surface area contributed by atoms with Gasteiger partial charge >= 0.3 is 11.9 Å². The van der Waals surface area contributed by atoms with Crippen molar-refractivity contribution in [2.24, 2.45) is 0 Å². The fourth-order valence-corrected chi connectivity index (χ4v) is 7.13. The minimum atomic E-state index is -3.95. The molecular weight excluding hydrogens is 649 g/mol. The van der Waals surface area contributed by atoms with Gasteiger partial charge in [0.2, 0.25) is 7.44 Å². The summed E-state index contributed by atoms with van der Waals surface area (Å²) in [5.74, 6) is -0.905. The van der Waals surface area contributed by atoms with Gasteiger partial charge in [0, 0.05) is 7.11 Å². The molecule has 0 radical (unpaired) electrons. The molecule has 0 bridgehead atoms. The molecule has 3 atom stereocenters. The van der Waals surface area contributed by atoms with Crippen molar-refractivity contribution in [3.63, 3.8) is 0 Å². The van der Waals surface area contributed by atoms with Gasteiger partial charge < -0.3 is 29.2 Å². The molecule has 0 saturated heterocycles. The van der Waals surface area contributed by atoms with Gasteiger partial charge in [-0.1, -0.05) is 74.5 Å². The first-order chi connectivity index (χ1) is 23.7. The van der Waals surface area contributed by atoms with Crippen molar-refractivity contribution in [2.45, 2.75) is 64.3 Å². The minimum Gasteiger partial charge on any atom is -0.465 e. The van der Waals surface area contributed by atoms with Crippen LogP contribution in [-0.2, 0) is 52.5 Å². The van der Waals surface area contributed by atoms with E-state index >= 15 is 4.57 Å². The number of imidazole rings is 1. The lowest BCUT2D eigenvalue weighted by molar-refractivity contribution is -0.146. The van der Waals surface area contributed by atoms with Crippen molar-refractivity contribution in [3.8, 4) is 0 Å². The van der Waals surface area contributed by atoms with E-state index in [1.807, 2.05) is 74.5 Å². The summed E-state index contributed by atoms with van der Waals surface area (Å²) in [5.41, 5.74) is 8.57. The zero-order chi connectivity index (χ0) is 35.1. The number of benzene rings is 2. The van der Waals surface area contributed by atoms with Gasteiger partial charge in [-0.25, -0.2) is 25.1 Å². The summed E-state index contributed by atoms with van der Waals surface area (Å²) in [4.78, 5) is 39.5. The van der Waals surface area contributed by atoms with Crippen LogP contribution in [-0.4, -0.2) is 82.9 Å². The molecule has 4 aromatic rings. The third-order valence-corrected chi connectivity index (χ3v) is 9.40. The van der Waals surface area contributed by atoms with E-state index < -0.39 is 43.9 Å². The average molecular weight is 696 g/mol. The first-order valence-electron chi connectivity index (χ1n) is 16.3. The Hall–Kier alpha value is -4.20. The van der Waals surface area contributed by atoms with Crippen LogP contribution in [0.25, 0.3) is 11.2 Å². The van der Waals surface area contributed by atoms with Crippen LogP contribution in [0.2, 0.25) is 0 Å². The molecule has 0 saturated carbocycles. The predicted molar refractivity (Wildman–Crippen MR) is 186 cm³/mol. The van der Waals surface area contributed by atoms with Gasteiger partial charge in [0.05, 0.1) is 38.8 Å². The maximum atomic E-state index is 15.1. The summed E-state index contributed by atoms with van der Waals surface area (Å²) in [5, 5.41) is 6.10. The van der Waals surface area contributed by atoms with Gasteiger partial charge in [-0.15, -0.1) is 0 Å². The zero-order valence-electron chi connectivity index (χ0n) is 28.2. The molecule has 2 aromatic carbocycles. The normalized spacial score (nSPS) is 13.5. The molecule has 15 heteroatoms. The summed E-state index contributed by atoms with van der Waals surface area (Å²) in [7, 11) is -2.43. The lowest BCUT2D eigenvalue weighted by Gasteiger charge is -2.30. The number of methoxy groups -OCH3 is 1. The van der Waals surface area contributed by atoms with E-state index in [0.717, 1.165) is 11.1 Å². The van der Waals surface area contributed by atoms with Crippen molar-refractivity contribution in [3.05, 3.63) is 84.4 Å². The van der Waals surface area contributed by atoms with E-state index in [-0.39, 0.29) is 45.0 Å². The zero-order valence-corrected chi connectivity index (χ0v) is 29.1. The van der Waals surface area contributed by atoms with Crippen molar-refractivity contribution in [2.75, 3.05) is 39.0 Å². The quantitative estimate of drug-likeness (QED) is 0.0844. The molecule has 0 aliphatic heterocycles. The summed E-state index contributed by atoms with van der Waals surface area (Å²) in [6.07, 6.45) is 3.45. The number of rotatable bonds is 21. The van der Waals surface area contributed by atoms with Crippen LogP contribution in [0.4, 0.5) is 5.82 Å². The number of carbonyl (C=O) groups excluding carboxylic acids is 2. The molecule has 264 valence electrons. The van der Waals surface area contributed by atoms with Gasteiger partial charge in [0.1, 0.15) is 30.3 Å². The highest BCUT2D eigenvalue weighted by atomic mass is 31.2. The van der Waals surface area contributed by atoms with E-state index in [9.17, 15) is 9.59 Å². The third-order valence-electron chi connectivity index (χ3n) is 7.43. The van der Waals surface area contributed by atoms with E-state index in [0.29, 0.717) is 24.0 Å². The Morgan fingerprint density at radius 2 is 1.41 bits per heavy atom. The summed E-state index contributed by atoms with van der Waals surface area (Å²) in [6, 6.07) is 16.6. The number of esters is 2. The lowest BCUT2D eigenvalue weighted by Crippen LogP contribution is -2.47. The molecule has 0 unspecified atom stereocenters. The molecule has 2 aromatic heterocycles. The fourth-order valence-electron chi connectivity index (χ4n) is 5.09. The fraction of sp³-hybridized carbons (Fsp3) is 0.441. The van der Waals surface area contributed by atoms with Crippen molar-refractivity contribution in [1.29, 1.82) is 0 Å². The molecule has 0 amide bonds. The SMILES string of the molecule is CCCOC(=O)[C@H](Cc1ccccc1)NP(=O)(CO[C@@H](COC)Cn1cnc2c(N)ncnc21)N[C@@H](Cc1ccccc1)C(=O)OCCC. The second kappa shape index (κ2) is 19.1. The first-order valence-corrected chi connectivity index (χ1v) is 18.2. The van der Waals surface area contributed by atoms with Gasteiger partial charge in [-0.2, -0.15) is 0 Å². The number of ether oxygens (including phenoxy) is 4. The average Bonchev–Trinajstić information content (AvgIpc) is 3.52. The van der Waals surface area contributed by atoms with Crippen LogP contribution >= 0.6 is 7.44 Å². The number of hydrogen-bond acceptors (Lipinski definition) is 11. The van der Waals surface area contributed by atoms with E-state index in [1.54, 1.807) is 10.9 Å². The largest absolute Gasteiger partial charge is 0.465 e. The van der Waals surface area contributed by atoms with Crippen molar-refractivity contribution in [1.82, 2.24) is 29.7 Å². The number of carbonyl (C=O) groups is 2. The Morgan fingerprint density at radius 3 is 1.92 bits per heavy atom. The van der Waals surface area contributed by atoms with Crippen LogP contribution in [0.3, 0.4) is 0 Å². The van der Waals surface area contributed by atoms with Gasteiger partial charge in [0.15, 0.2) is 11.5 Å². The highest BCUT2D eigenvalue weighted by Crippen LogP contribution is 2.39. The highest BCUT2D eigenvalue weighted by Gasteiger charge is 2.36. The third kappa shape index (κ3) is 11.4. The number of hydrogen-bond donors (Lipinski definition) is 3. The first kappa shape index (κ1) is 37.6. The molecular formula is C34H46N7O7P. The number of nitrogens with two attached hydrogens (primary N) is 1. The Labute approximate surface area is 286 Å². The maximum absolute atomic E-state index is 15.1. The molecule has 0 fully saturated rings. The molecule has 4 N–H and O–H groups in total. The summed E-state index contributed by atoms with van der Waals surface area (Å²) in [6.45, 7) is 4.52. The number of nitrogens with zero attached hydrogens (tertiary/aromatic N) is 4. The molecule has 0 aliphatic rings. The standard InChI is InChI=1S/C34H46N7O7P/c1-4-16-46-33(42)28(18-25-12-8-6-9-13-25)39-49(44,40-29(34(43)47-17-5-2)19-26-14-10-7-11-15-26)24-48-27(21-45-3)20-41-23-38-30-31(35)36-22-37-32(30)41/h6-15,22-23,27-29H,4-5,16-21,24H2,1-3H3,(H2,35,36,37)(H2,39,40,44)/t27-,28+,29+/m1/s1. The Balaban J connectivity index is 1.66.